The minimum absolute atomic E-state index is 0.0848. The molecule has 12 nitrogen and oxygen atoms in total. The first-order valence-electron chi connectivity index (χ1n) is 9.23. The van der Waals surface area contributed by atoms with Crippen LogP contribution >= 0.6 is 0 Å². The Labute approximate surface area is 166 Å². The SMILES string of the molecule is CC(=O)N[C@H]1C(=O)N[C@H]1C(=O)N[C@@H](Cc1c[nH]cn1)C(=O)N1CCC[C@H]1C(N)=O. The van der Waals surface area contributed by atoms with Crippen molar-refractivity contribution in [2.45, 2.75) is 50.4 Å². The van der Waals surface area contributed by atoms with Gasteiger partial charge < -0.3 is 31.6 Å². The lowest BCUT2D eigenvalue weighted by atomic mass is 9.97. The first-order valence-corrected chi connectivity index (χ1v) is 9.23. The number of carbonyl (C=O) groups is 5. The van der Waals surface area contributed by atoms with Gasteiger partial charge in [0.25, 0.3) is 0 Å². The number of carbonyl (C=O) groups excluding carboxylic acids is 5. The number of nitrogens with two attached hydrogens (primary N) is 1. The van der Waals surface area contributed by atoms with E-state index < -0.39 is 53.7 Å². The van der Waals surface area contributed by atoms with Gasteiger partial charge in [0.05, 0.1) is 12.0 Å². The number of aromatic nitrogens is 2. The van der Waals surface area contributed by atoms with E-state index in [0.29, 0.717) is 25.1 Å². The minimum Gasteiger partial charge on any atom is -0.368 e. The van der Waals surface area contributed by atoms with Gasteiger partial charge >= 0.3 is 0 Å². The van der Waals surface area contributed by atoms with Gasteiger partial charge in [-0.3, -0.25) is 24.0 Å². The summed E-state index contributed by atoms with van der Waals surface area (Å²) < 4.78 is 0. The number of rotatable bonds is 7. The van der Waals surface area contributed by atoms with Gasteiger partial charge in [-0.05, 0) is 12.8 Å². The van der Waals surface area contributed by atoms with Gasteiger partial charge in [0.1, 0.15) is 24.2 Å². The molecule has 5 amide bonds. The Kier molecular flexibility index (Phi) is 5.80. The van der Waals surface area contributed by atoms with E-state index in [1.165, 1.54) is 18.2 Å². The van der Waals surface area contributed by atoms with Crippen molar-refractivity contribution in [1.82, 2.24) is 30.8 Å². The number of primary amides is 1. The van der Waals surface area contributed by atoms with Gasteiger partial charge in [-0.2, -0.15) is 0 Å². The zero-order valence-electron chi connectivity index (χ0n) is 15.8. The summed E-state index contributed by atoms with van der Waals surface area (Å²) in [4.78, 5) is 68.5. The fourth-order valence-electron chi connectivity index (χ4n) is 3.57. The minimum atomic E-state index is -1.01. The molecule has 0 radical (unpaired) electrons. The Morgan fingerprint density at radius 1 is 1.38 bits per heavy atom. The molecule has 2 fully saturated rings. The summed E-state index contributed by atoms with van der Waals surface area (Å²) in [5, 5.41) is 7.43. The Bertz CT molecular complexity index is 824. The average Bonchev–Trinajstić information content (AvgIpc) is 3.34. The second-order valence-corrected chi connectivity index (χ2v) is 7.08. The molecule has 12 heteroatoms. The summed E-state index contributed by atoms with van der Waals surface area (Å²) >= 11 is 0. The summed E-state index contributed by atoms with van der Waals surface area (Å²) in [6, 6.07) is -3.73. The number of aromatic amines is 1. The molecule has 29 heavy (non-hydrogen) atoms. The van der Waals surface area contributed by atoms with Crippen LogP contribution in [0.15, 0.2) is 12.5 Å². The maximum Gasteiger partial charge on any atom is 0.246 e. The van der Waals surface area contributed by atoms with Crippen LogP contribution in [0.2, 0.25) is 0 Å². The first-order chi connectivity index (χ1) is 13.8. The number of hydrogen-bond donors (Lipinski definition) is 5. The molecule has 0 unspecified atom stereocenters. The molecule has 0 aromatic carbocycles. The van der Waals surface area contributed by atoms with E-state index in [0.717, 1.165) is 0 Å². The average molecular weight is 405 g/mol. The van der Waals surface area contributed by atoms with Gasteiger partial charge in [0, 0.05) is 26.1 Å². The molecule has 3 rings (SSSR count). The van der Waals surface area contributed by atoms with E-state index in [1.807, 2.05) is 0 Å². The van der Waals surface area contributed by atoms with Gasteiger partial charge in [-0.1, -0.05) is 0 Å². The lowest BCUT2D eigenvalue weighted by molar-refractivity contribution is -0.145. The summed E-state index contributed by atoms with van der Waals surface area (Å²) in [7, 11) is 0. The highest BCUT2D eigenvalue weighted by molar-refractivity contribution is 6.04. The summed E-state index contributed by atoms with van der Waals surface area (Å²) in [5.41, 5.74) is 5.93. The van der Waals surface area contributed by atoms with Crippen molar-refractivity contribution in [1.29, 1.82) is 0 Å². The predicted molar refractivity (Wildman–Crippen MR) is 97.7 cm³/mol. The summed E-state index contributed by atoms with van der Waals surface area (Å²) in [6.45, 7) is 1.59. The number of nitrogens with zero attached hydrogens (tertiary/aromatic N) is 2. The molecule has 6 N–H and O–H groups in total. The van der Waals surface area contributed by atoms with E-state index in [2.05, 4.69) is 25.9 Å². The van der Waals surface area contributed by atoms with Crippen LogP contribution in [0.3, 0.4) is 0 Å². The highest BCUT2D eigenvalue weighted by Crippen LogP contribution is 2.19. The molecule has 1 aromatic heterocycles. The fourth-order valence-corrected chi connectivity index (χ4v) is 3.57. The van der Waals surface area contributed by atoms with Crippen molar-refractivity contribution in [2.24, 2.45) is 5.73 Å². The van der Waals surface area contributed by atoms with Crippen LogP contribution in [0, 0.1) is 0 Å². The topological polar surface area (TPSA) is 179 Å². The highest BCUT2D eigenvalue weighted by atomic mass is 16.2. The quantitative estimate of drug-likeness (QED) is 0.300. The molecule has 4 atom stereocenters. The number of β-lactam (4-membered cyclic amide) rings is 1. The summed E-state index contributed by atoms with van der Waals surface area (Å²) in [5.74, 6) is -2.61. The monoisotopic (exact) mass is 405 g/mol. The van der Waals surface area contributed by atoms with Gasteiger partial charge in [-0.25, -0.2) is 4.98 Å². The van der Waals surface area contributed by atoms with E-state index in [9.17, 15) is 24.0 Å². The maximum atomic E-state index is 13.1. The third kappa shape index (κ3) is 4.36. The van der Waals surface area contributed by atoms with Crippen molar-refractivity contribution in [3.63, 3.8) is 0 Å². The number of nitrogens with one attached hydrogen (secondary N) is 4. The van der Waals surface area contributed by atoms with Crippen LogP contribution in [0.5, 0.6) is 0 Å². The Hall–Kier alpha value is -3.44. The van der Waals surface area contributed by atoms with Crippen molar-refractivity contribution in [2.75, 3.05) is 6.54 Å². The highest BCUT2D eigenvalue weighted by Gasteiger charge is 2.46. The molecule has 0 aliphatic carbocycles. The molecule has 0 saturated carbocycles. The predicted octanol–water partition coefficient (Wildman–Crippen LogP) is -3.08. The van der Waals surface area contributed by atoms with Crippen molar-refractivity contribution in [3.05, 3.63) is 18.2 Å². The molecular weight excluding hydrogens is 382 g/mol. The third-order valence-corrected chi connectivity index (χ3v) is 5.00. The van der Waals surface area contributed by atoms with E-state index in [-0.39, 0.29) is 6.42 Å². The van der Waals surface area contributed by atoms with Crippen molar-refractivity contribution >= 4 is 29.5 Å². The molecule has 2 aliphatic heterocycles. The Balaban J connectivity index is 1.74. The zero-order valence-corrected chi connectivity index (χ0v) is 15.8. The Morgan fingerprint density at radius 3 is 2.72 bits per heavy atom. The molecule has 0 spiro atoms. The number of hydrogen-bond acceptors (Lipinski definition) is 6. The summed E-state index contributed by atoms with van der Waals surface area (Å²) in [6.07, 6.45) is 4.22. The van der Waals surface area contributed by atoms with Crippen molar-refractivity contribution in [3.8, 4) is 0 Å². The molecule has 2 saturated heterocycles. The van der Waals surface area contributed by atoms with E-state index in [1.54, 1.807) is 6.20 Å². The second-order valence-electron chi connectivity index (χ2n) is 7.08. The van der Waals surface area contributed by atoms with Crippen LogP contribution < -0.4 is 21.7 Å². The zero-order chi connectivity index (χ0) is 21.1. The van der Waals surface area contributed by atoms with Gasteiger partial charge in [-0.15, -0.1) is 0 Å². The Morgan fingerprint density at radius 2 is 2.14 bits per heavy atom. The van der Waals surface area contributed by atoms with Crippen LogP contribution in [0.1, 0.15) is 25.5 Å². The van der Waals surface area contributed by atoms with Crippen LogP contribution in [-0.2, 0) is 30.4 Å². The smallest absolute Gasteiger partial charge is 0.246 e. The number of imidazole rings is 1. The molecule has 3 heterocycles. The molecule has 1 aromatic rings. The fraction of sp³-hybridized carbons (Fsp3) is 0.529. The van der Waals surface area contributed by atoms with E-state index >= 15 is 0 Å². The normalized spacial score (nSPS) is 24.2. The number of H-pyrrole nitrogens is 1. The lowest BCUT2D eigenvalue weighted by Gasteiger charge is -2.36. The standard InChI is InChI=1S/C17H23N7O5/c1-8(25)21-12-13(23-16(12)28)15(27)22-10(5-9-6-19-7-20-9)17(29)24-4-2-3-11(24)14(18)26/h6-7,10-13H,2-5H2,1H3,(H2,18,26)(H,19,20)(H,21,25)(H,22,27)(H,23,28)/t10-,11-,12+,13+/m0/s1. The largest absolute Gasteiger partial charge is 0.368 e. The van der Waals surface area contributed by atoms with Crippen LogP contribution in [-0.4, -0.2) is 75.1 Å². The van der Waals surface area contributed by atoms with Crippen LogP contribution in [0.25, 0.3) is 0 Å². The lowest BCUT2D eigenvalue weighted by Crippen LogP contribution is -2.74. The third-order valence-electron chi connectivity index (χ3n) is 5.00. The van der Waals surface area contributed by atoms with Gasteiger partial charge in [0.15, 0.2) is 0 Å². The molecular formula is C17H23N7O5. The molecule has 0 bridgehead atoms. The maximum absolute atomic E-state index is 13.1. The first kappa shape index (κ1) is 20.3. The number of amides is 5. The van der Waals surface area contributed by atoms with E-state index in [4.69, 9.17) is 5.73 Å². The van der Waals surface area contributed by atoms with Crippen molar-refractivity contribution < 1.29 is 24.0 Å². The van der Waals surface area contributed by atoms with Crippen LogP contribution in [0.4, 0.5) is 0 Å². The van der Waals surface area contributed by atoms with Gasteiger partial charge in [0.2, 0.25) is 29.5 Å². The molecule has 2 aliphatic rings. The number of likely N-dealkylation sites (tertiary alicyclic amines) is 1. The molecule has 156 valence electrons. The second kappa shape index (κ2) is 8.29.